The third-order valence-corrected chi connectivity index (χ3v) is 5.60. The number of carbonyl (C=O) groups is 1. The van der Waals surface area contributed by atoms with Crippen LogP contribution in [0.3, 0.4) is 0 Å². The van der Waals surface area contributed by atoms with Gasteiger partial charge in [0.15, 0.2) is 5.65 Å². The van der Waals surface area contributed by atoms with E-state index in [1.165, 1.54) is 30.5 Å². The molecule has 0 spiro atoms. The Morgan fingerprint density at radius 2 is 1.65 bits per heavy atom. The van der Waals surface area contributed by atoms with Crippen LogP contribution in [-0.4, -0.2) is 27.6 Å². The van der Waals surface area contributed by atoms with Gasteiger partial charge in [-0.05, 0) is 66.7 Å². The van der Waals surface area contributed by atoms with Crippen molar-refractivity contribution >= 4 is 28.8 Å². The second kappa shape index (κ2) is 8.96. The zero-order chi connectivity index (χ0) is 23.7. The zero-order valence-electron chi connectivity index (χ0n) is 18.0. The number of hydrogen-bond donors (Lipinski definition) is 1. The van der Waals surface area contributed by atoms with E-state index in [-0.39, 0.29) is 11.4 Å². The highest BCUT2D eigenvalue weighted by molar-refractivity contribution is 6.30. The van der Waals surface area contributed by atoms with Gasteiger partial charge in [-0.1, -0.05) is 23.7 Å². The fraction of sp³-hybridized carbons (Fsp3) is 0.0385. The second-order valence-corrected chi connectivity index (χ2v) is 7.95. The van der Waals surface area contributed by atoms with Crippen LogP contribution in [-0.2, 0) is 0 Å². The summed E-state index contributed by atoms with van der Waals surface area (Å²) >= 11 is 6.06. The van der Waals surface area contributed by atoms with E-state index >= 15 is 0 Å². The minimum Gasteiger partial charge on any atom is -0.497 e. The van der Waals surface area contributed by atoms with Gasteiger partial charge in [-0.2, -0.15) is 5.10 Å². The van der Waals surface area contributed by atoms with E-state index in [9.17, 15) is 9.18 Å². The van der Waals surface area contributed by atoms with Crippen LogP contribution < -0.4 is 10.1 Å². The first-order valence-corrected chi connectivity index (χ1v) is 10.8. The van der Waals surface area contributed by atoms with Crippen LogP contribution in [0.2, 0.25) is 5.02 Å². The van der Waals surface area contributed by atoms with Crippen LogP contribution in [0.15, 0.2) is 85.1 Å². The predicted molar refractivity (Wildman–Crippen MR) is 130 cm³/mol. The molecule has 1 N–H and O–H groups in total. The Kier molecular flexibility index (Phi) is 5.69. The van der Waals surface area contributed by atoms with E-state index in [0.717, 1.165) is 22.6 Å². The summed E-state index contributed by atoms with van der Waals surface area (Å²) in [4.78, 5) is 17.8. The second-order valence-electron chi connectivity index (χ2n) is 7.52. The summed E-state index contributed by atoms with van der Waals surface area (Å²) in [7, 11) is 1.61. The molecule has 0 radical (unpaired) electrons. The Bertz CT molecular complexity index is 1480. The summed E-state index contributed by atoms with van der Waals surface area (Å²) in [6, 6.07) is 22.3. The molecule has 0 saturated heterocycles. The van der Waals surface area contributed by atoms with E-state index in [2.05, 4.69) is 10.4 Å². The van der Waals surface area contributed by atoms with Gasteiger partial charge in [-0.15, -0.1) is 0 Å². The average molecular weight is 473 g/mol. The third kappa shape index (κ3) is 4.21. The molecular weight excluding hydrogens is 455 g/mol. The van der Waals surface area contributed by atoms with Crippen LogP contribution in [0.5, 0.6) is 5.75 Å². The quantitative estimate of drug-likeness (QED) is 0.335. The average Bonchev–Trinajstić information content (AvgIpc) is 3.30. The smallest absolute Gasteiger partial charge is 0.261 e. The standard InChI is InChI=1S/C26H18ClFN4O2/c1-34-21-12-4-17(5-13-21)24-14-23(16-2-6-18(27)7-3-16)31-25-22(15-29-32(24)25)26(33)30-20-10-8-19(28)9-11-20/h2-15H,1H3,(H,30,33). The molecule has 0 aliphatic rings. The van der Waals surface area contributed by atoms with E-state index in [1.54, 1.807) is 23.8 Å². The van der Waals surface area contributed by atoms with Crippen molar-refractivity contribution in [2.75, 3.05) is 12.4 Å². The highest BCUT2D eigenvalue weighted by Gasteiger charge is 2.19. The molecule has 0 atom stereocenters. The van der Waals surface area contributed by atoms with Gasteiger partial charge in [0.1, 0.15) is 17.1 Å². The molecule has 2 aromatic heterocycles. The number of aromatic nitrogens is 3. The highest BCUT2D eigenvalue weighted by atomic mass is 35.5. The minimum absolute atomic E-state index is 0.287. The fourth-order valence-electron chi connectivity index (χ4n) is 3.59. The van der Waals surface area contributed by atoms with Gasteiger partial charge in [0.25, 0.3) is 5.91 Å². The first kappa shape index (κ1) is 21.6. The summed E-state index contributed by atoms with van der Waals surface area (Å²) in [5.41, 5.74) is 4.26. The van der Waals surface area contributed by atoms with Crippen molar-refractivity contribution in [3.63, 3.8) is 0 Å². The molecule has 168 valence electrons. The number of amides is 1. The summed E-state index contributed by atoms with van der Waals surface area (Å²) < 4.78 is 20.1. The third-order valence-electron chi connectivity index (χ3n) is 5.34. The summed E-state index contributed by atoms with van der Waals surface area (Å²) in [6.07, 6.45) is 1.47. The number of ether oxygens (including phenoxy) is 1. The van der Waals surface area contributed by atoms with Crippen molar-refractivity contribution < 1.29 is 13.9 Å². The highest BCUT2D eigenvalue weighted by Crippen LogP contribution is 2.29. The van der Waals surface area contributed by atoms with Gasteiger partial charge in [-0.25, -0.2) is 13.9 Å². The lowest BCUT2D eigenvalue weighted by Gasteiger charge is -2.10. The topological polar surface area (TPSA) is 68.5 Å². The van der Waals surface area contributed by atoms with Crippen LogP contribution in [0.4, 0.5) is 10.1 Å². The van der Waals surface area contributed by atoms with Gasteiger partial charge >= 0.3 is 0 Å². The molecular formula is C26H18ClFN4O2. The van der Waals surface area contributed by atoms with E-state index in [0.29, 0.717) is 22.1 Å². The van der Waals surface area contributed by atoms with Crippen molar-refractivity contribution in [2.24, 2.45) is 0 Å². The van der Waals surface area contributed by atoms with Crippen LogP contribution in [0.1, 0.15) is 10.4 Å². The molecule has 6 nitrogen and oxygen atoms in total. The van der Waals surface area contributed by atoms with Crippen LogP contribution >= 0.6 is 11.6 Å². The lowest BCUT2D eigenvalue weighted by Crippen LogP contribution is -2.12. The Balaban J connectivity index is 1.64. The predicted octanol–water partition coefficient (Wildman–Crippen LogP) is 6.12. The summed E-state index contributed by atoms with van der Waals surface area (Å²) in [6.45, 7) is 0. The molecule has 0 saturated carbocycles. The van der Waals surface area contributed by atoms with Gasteiger partial charge in [0.05, 0.1) is 24.7 Å². The molecule has 3 aromatic carbocycles. The molecule has 8 heteroatoms. The number of carbonyl (C=O) groups excluding carboxylic acids is 1. The Labute approximate surface area is 199 Å². The maximum atomic E-state index is 13.2. The Morgan fingerprint density at radius 1 is 0.971 bits per heavy atom. The van der Waals surface area contributed by atoms with Crippen molar-refractivity contribution in [3.05, 3.63) is 101 Å². The fourth-order valence-corrected chi connectivity index (χ4v) is 3.72. The van der Waals surface area contributed by atoms with E-state index in [4.69, 9.17) is 21.3 Å². The molecule has 0 bridgehead atoms. The number of fused-ring (bicyclic) bond motifs is 1. The monoisotopic (exact) mass is 472 g/mol. The lowest BCUT2D eigenvalue weighted by molar-refractivity contribution is 0.102. The largest absolute Gasteiger partial charge is 0.497 e. The van der Waals surface area contributed by atoms with Gasteiger partial charge in [0.2, 0.25) is 0 Å². The van der Waals surface area contributed by atoms with Crippen molar-refractivity contribution in [1.82, 2.24) is 14.6 Å². The number of nitrogens with zero attached hydrogens (tertiary/aromatic N) is 3. The molecule has 0 aliphatic carbocycles. The molecule has 34 heavy (non-hydrogen) atoms. The molecule has 0 aliphatic heterocycles. The maximum absolute atomic E-state index is 13.2. The molecule has 0 unspecified atom stereocenters. The number of nitrogens with one attached hydrogen (secondary N) is 1. The molecule has 5 rings (SSSR count). The number of methoxy groups -OCH3 is 1. The first-order valence-electron chi connectivity index (χ1n) is 10.4. The normalized spacial score (nSPS) is 10.9. The number of hydrogen-bond acceptors (Lipinski definition) is 4. The number of anilines is 1. The molecule has 5 aromatic rings. The Hall–Kier alpha value is -4.23. The van der Waals surface area contributed by atoms with Crippen molar-refractivity contribution in [1.29, 1.82) is 0 Å². The van der Waals surface area contributed by atoms with Crippen molar-refractivity contribution in [2.45, 2.75) is 0 Å². The van der Waals surface area contributed by atoms with Gasteiger partial charge in [0, 0.05) is 21.8 Å². The molecule has 0 fully saturated rings. The minimum atomic E-state index is -0.400. The van der Waals surface area contributed by atoms with Gasteiger partial charge < -0.3 is 10.1 Å². The van der Waals surface area contributed by atoms with E-state index in [1.807, 2.05) is 42.5 Å². The molecule has 2 heterocycles. The zero-order valence-corrected chi connectivity index (χ0v) is 18.8. The SMILES string of the molecule is COc1ccc(-c2cc(-c3ccc(Cl)cc3)nc3c(C(=O)Nc4ccc(F)cc4)cnn23)cc1. The van der Waals surface area contributed by atoms with E-state index < -0.39 is 5.91 Å². The van der Waals surface area contributed by atoms with Gasteiger partial charge in [-0.3, -0.25) is 4.79 Å². The summed E-state index contributed by atoms with van der Waals surface area (Å²) in [5.74, 6) is -0.0535. The first-order chi connectivity index (χ1) is 16.5. The van der Waals surface area contributed by atoms with Crippen LogP contribution in [0.25, 0.3) is 28.2 Å². The number of halogens is 2. The maximum Gasteiger partial charge on any atom is 0.261 e. The number of rotatable bonds is 5. The van der Waals surface area contributed by atoms with Crippen LogP contribution in [0, 0.1) is 5.82 Å². The lowest BCUT2D eigenvalue weighted by atomic mass is 10.1. The molecule has 1 amide bonds. The Morgan fingerprint density at radius 3 is 2.32 bits per heavy atom. The van der Waals surface area contributed by atoms with Crippen molar-refractivity contribution in [3.8, 4) is 28.3 Å². The number of benzene rings is 3. The summed E-state index contributed by atoms with van der Waals surface area (Å²) in [5, 5.41) is 7.83.